The Morgan fingerprint density at radius 2 is 1.24 bits per heavy atom. The SMILES string of the molecule is CC(C)(C)c1c[c-]c2c(c1)-c1cc(C(C)(C)C)ccc1C2.CC(C)(C)c1ccc([CH]=[Zr+2])cc1.CC1=[C-]C(C)C=C1[Si](C)(C)C.[Cl-].[Cl-]. The van der Waals surface area contributed by atoms with Gasteiger partial charge in [-0.15, -0.1) is 5.56 Å². The minimum atomic E-state index is -1.07. The van der Waals surface area contributed by atoms with Gasteiger partial charge in [0.2, 0.25) is 0 Å². The van der Waals surface area contributed by atoms with Gasteiger partial charge in [-0.1, -0.05) is 116 Å². The fourth-order valence-electron chi connectivity index (χ4n) is 5.71. The van der Waals surface area contributed by atoms with E-state index in [9.17, 15) is 0 Å². The van der Waals surface area contributed by atoms with Gasteiger partial charge in [-0.2, -0.15) is 35.4 Å². The van der Waals surface area contributed by atoms with E-state index in [-0.39, 0.29) is 41.1 Å². The first-order valence-electron chi connectivity index (χ1n) is 16.2. The predicted molar refractivity (Wildman–Crippen MR) is 194 cm³/mol. The van der Waals surface area contributed by atoms with Crippen LogP contribution in [0.3, 0.4) is 0 Å². The van der Waals surface area contributed by atoms with Gasteiger partial charge in [-0.05, 0) is 25.5 Å². The molecule has 0 radical (unpaired) electrons. The molecule has 2 aliphatic carbocycles. The number of hydrogen-bond donors (Lipinski definition) is 0. The third-order valence-electron chi connectivity index (χ3n) is 8.54. The molecule has 0 bridgehead atoms. The number of halogens is 2. The second-order valence-electron chi connectivity index (χ2n) is 16.7. The molecule has 0 fully saturated rings. The normalized spacial score (nSPS) is 15.3. The Balaban J connectivity index is 0.000000365. The van der Waals surface area contributed by atoms with Gasteiger partial charge >= 0.3 is 89.5 Å². The van der Waals surface area contributed by atoms with Crippen molar-refractivity contribution in [1.82, 2.24) is 0 Å². The molecule has 248 valence electrons. The summed E-state index contributed by atoms with van der Waals surface area (Å²) in [6.07, 6.45) is 6.84. The molecule has 3 aromatic rings. The van der Waals surface area contributed by atoms with Crippen LogP contribution in [0.25, 0.3) is 11.1 Å². The Kier molecular flexibility index (Phi) is 15.2. The van der Waals surface area contributed by atoms with Crippen LogP contribution in [-0.2, 0) is 46.9 Å². The van der Waals surface area contributed by atoms with Crippen LogP contribution in [0.4, 0.5) is 0 Å². The van der Waals surface area contributed by atoms with Crippen molar-refractivity contribution in [2.45, 2.75) is 118 Å². The van der Waals surface area contributed by atoms with Gasteiger partial charge in [0.15, 0.2) is 0 Å². The number of fused-ring (bicyclic) bond motifs is 3. The van der Waals surface area contributed by atoms with Gasteiger partial charge in [0.1, 0.15) is 0 Å². The van der Waals surface area contributed by atoms with Crippen molar-refractivity contribution >= 4 is 11.8 Å². The largest absolute Gasteiger partial charge is 1.00 e. The Hall–Kier alpha value is -1.31. The van der Waals surface area contributed by atoms with E-state index in [1.807, 2.05) is 0 Å². The maximum atomic E-state index is 3.53. The molecule has 5 rings (SSSR count). The molecule has 46 heavy (non-hydrogen) atoms. The van der Waals surface area contributed by atoms with Gasteiger partial charge in [-0.25, -0.2) is 10.8 Å². The maximum Gasteiger partial charge on any atom is -0.0112 e. The van der Waals surface area contributed by atoms with E-state index in [0.29, 0.717) is 5.92 Å². The molecule has 0 saturated heterocycles. The van der Waals surface area contributed by atoms with E-state index in [0.717, 1.165) is 6.42 Å². The second kappa shape index (κ2) is 16.4. The molecule has 0 heterocycles. The molecular formula is C42H56Cl2SiZr-2. The minimum absolute atomic E-state index is 0. The molecule has 0 spiro atoms. The van der Waals surface area contributed by atoms with Crippen molar-refractivity contribution in [2.24, 2.45) is 5.92 Å². The minimum Gasteiger partial charge on any atom is -1.00 e. The Bertz CT molecular complexity index is 1470. The molecule has 0 aromatic heterocycles. The number of rotatable bonds is 2. The van der Waals surface area contributed by atoms with Gasteiger partial charge in [-0.3, -0.25) is 6.08 Å². The smallest absolute Gasteiger partial charge is 0.0112 e. The van der Waals surface area contributed by atoms with Crippen LogP contribution in [-0.4, -0.2) is 11.8 Å². The average molecular weight is 751 g/mol. The summed E-state index contributed by atoms with van der Waals surface area (Å²) in [5, 5.41) is 1.60. The zero-order valence-electron chi connectivity index (χ0n) is 30.9. The first-order valence-corrected chi connectivity index (χ1v) is 21.2. The van der Waals surface area contributed by atoms with Crippen LogP contribution in [0, 0.1) is 18.1 Å². The summed E-state index contributed by atoms with van der Waals surface area (Å²) in [7, 11) is -1.07. The predicted octanol–water partition coefficient (Wildman–Crippen LogP) is 5.53. The van der Waals surface area contributed by atoms with Crippen molar-refractivity contribution in [1.29, 1.82) is 0 Å². The summed E-state index contributed by atoms with van der Waals surface area (Å²) in [4.78, 5) is 0. The number of benzene rings is 3. The van der Waals surface area contributed by atoms with E-state index in [2.05, 4.69) is 172 Å². The van der Waals surface area contributed by atoms with Crippen molar-refractivity contribution in [2.75, 3.05) is 0 Å². The van der Waals surface area contributed by atoms with Crippen LogP contribution in [0.5, 0.6) is 0 Å². The number of hydrogen-bond acceptors (Lipinski definition) is 0. The summed E-state index contributed by atoms with van der Waals surface area (Å²) < 4.78 is 2.21. The van der Waals surface area contributed by atoms with Crippen molar-refractivity contribution < 1.29 is 49.0 Å². The molecular weight excluding hydrogens is 695 g/mol. The molecule has 4 heteroatoms. The maximum absolute atomic E-state index is 3.53. The number of allylic oxidation sites excluding steroid dienone is 4. The van der Waals surface area contributed by atoms with E-state index < -0.39 is 8.07 Å². The quantitative estimate of drug-likeness (QED) is 0.187. The van der Waals surface area contributed by atoms with Gasteiger partial charge in [0, 0.05) is 0 Å². The van der Waals surface area contributed by atoms with Gasteiger partial charge in [0.25, 0.3) is 0 Å². The van der Waals surface area contributed by atoms with E-state index in [1.54, 1.807) is 5.20 Å². The first-order chi connectivity index (χ1) is 20.1. The first kappa shape index (κ1) is 42.7. The molecule has 1 unspecified atom stereocenters. The average Bonchev–Trinajstić information content (AvgIpc) is 3.45. The summed E-state index contributed by atoms with van der Waals surface area (Å²) in [6, 6.07) is 23.9. The molecule has 0 aliphatic heterocycles. The zero-order valence-corrected chi connectivity index (χ0v) is 35.9. The molecule has 0 amide bonds. The van der Waals surface area contributed by atoms with Crippen LogP contribution >= 0.6 is 0 Å². The van der Waals surface area contributed by atoms with Crippen LogP contribution in [0.1, 0.15) is 110 Å². The van der Waals surface area contributed by atoms with Crippen LogP contribution in [0.15, 0.2) is 71.4 Å². The van der Waals surface area contributed by atoms with E-state index in [1.165, 1.54) is 74.3 Å². The molecule has 0 saturated carbocycles. The molecule has 0 N–H and O–H groups in total. The molecule has 1 atom stereocenters. The molecule has 0 nitrogen and oxygen atoms in total. The van der Waals surface area contributed by atoms with Gasteiger partial charge < -0.3 is 24.8 Å². The summed E-state index contributed by atoms with van der Waals surface area (Å²) in [5.41, 5.74) is 13.2. The summed E-state index contributed by atoms with van der Waals surface area (Å²) in [5.74, 6) is 0.553. The monoisotopic (exact) mass is 748 g/mol. The molecule has 3 aromatic carbocycles. The second-order valence-corrected chi connectivity index (χ2v) is 22.5. The third kappa shape index (κ3) is 11.4. The van der Waals surface area contributed by atoms with Crippen LogP contribution < -0.4 is 24.8 Å². The van der Waals surface area contributed by atoms with E-state index in [4.69, 9.17) is 0 Å². The third-order valence-corrected chi connectivity index (χ3v) is 11.5. The van der Waals surface area contributed by atoms with Crippen molar-refractivity contribution in [3.05, 3.63) is 117 Å². The molecule has 2 aliphatic rings. The Morgan fingerprint density at radius 1 is 0.739 bits per heavy atom. The van der Waals surface area contributed by atoms with Gasteiger partial charge in [0.05, 0.1) is 0 Å². The summed E-state index contributed by atoms with van der Waals surface area (Å²) >= 11 is 1.46. The van der Waals surface area contributed by atoms with Crippen molar-refractivity contribution in [3.8, 4) is 11.1 Å². The Morgan fingerprint density at radius 3 is 1.65 bits per heavy atom. The Labute approximate surface area is 311 Å². The zero-order chi connectivity index (χ0) is 33.3. The standard InChI is InChI=1S/C21H25.C11H14.C10H17Si.2ClH.Zr/c1-20(2,3)16-9-7-14-11-15-8-10-17(21(4,5)6)13-19(15)18(14)12-16;1-9-5-7-10(8-6-9)11(2,3)4;1-8-6-9(2)10(7-8)11(3,4)5;;;/h7,9-10,12-13H,11H2,1-6H3;1,5-8H,2-4H3;7-8H,1-5H3;2*1H;/q-1;;-1;;;+2/p-2. The fourth-order valence-corrected chi connectivity index (χ4v) is 8.13. The topological polar surface area (TPSA) is 0 Å². The van der Waals surface area contributed by atoms with Crippen molar-refractivity contribution in [3.63, 3.8) is 0 Å². The van der Waals surface area contributed by atoms with Crippen LogP contribution in [0.2, 0.25) is 19.6 Å². The van der Waals surface area contributed by atoms with E-state index >= 15 is 0 Å². The summed E-state index contributed by atoms with van der Waals surface area (Å²) in [6.45, 7) is 31.9. The fraction of sp³-hybridized carbons (Fsp3) is 0.452.